The van der Waals surface area contributed by atoms with Crippen LogP contribution in [-0.2, 0) is 55.9 Å². The number of sulfone groups is 1. The third-order valence-electron chi connectivity index (χ3n) is 10.0. The number of halogens is 3. The van der Waals surface area contributed by atoms with Gasteiger partial charge in [-0.25, -0.2) is 8.42 Å². The van der Waals surface area contributed by atoms with E-state index in [1.165, 1.54) is 35.2 Å². The predicted octanol–water partition coefficient (Wildman–Crippen LogP) is 2.58. The fraction of sp³-hybridized carbons (Fsp3) is 0.429. The van der Waals surface area contributed by atoms with Crippen molar-refractivity contribution in [1.82, 2.24) is 15.5 Å². The molecule has 1 fully saturated rings. The molecule has 0 aliphatic carbocycles. The number of nitriles is 1. The summed E-state index contributed by atoms with van der Waals surface area (Å²) in [6, 6.07) is 13.8. The Morgan fingerprint density at radius 3 is 2.22 bits per heavy atom. The van der Waals surface area contributed by atoms with Crippen molar-refractivity contribution >= 4 is 56.4 Å². The van der Waals surface area contributed by atoms with E-state index < -0.39 is 62.0 Å². The Morgan fingerprint density at radius 1 is 0.906 bits per heavy atom. The number of imide groups is 1. The molecule has 2 aliphatic rings. The molecule has 0 radical (unpaired) electrons. The second-order valence-corrected chi connectivity index (χ2v) is 16.9. The van der Waals surface area contributed by atoms with Crippen molar-refractivity contribution in [3.63, 3.8) is 0 Å². The molecule has 0 spiro atoms. The zero-order chi connectivity index (χ0) is 46.5. The van der Waals surface area contributed by atoms with Gasteiger partial charge in [-0.3, -0.25) is 29.3 Å². The van der Waals surface area contributed by atoms with E-state index >= 15 is 0 Å². The summed E-state index contributed by atoms with van der Waals surface area (Å²) in [4.78, 5) is 63.1. The van der Waals surface area contributed by atoms with E-state index in [0.717, 1.165) is 30.3 Å². The average Bonchev–Trinajstić information content (AvgIpc) is 3.58. The molecular formula is C42H48F3N7O11S. The number of ether oxygens (including phenoxy) is 3. The van der Waals surface area contributed by atoms with Gasteiger partial charge in [0.05, 0.1) is 67.5 Å². The first-order chi connectivity index (χ1) is 30.4. The topological polar surface area (TPSA) is 255 Å². The molecule has 2 heterocycles. The van der Waals surface area contributed by atoms with Gasteiger partial charge >= 0.3 is 6.18 Å². The molecule has 2 aliphatic heterocycles. The number of hydrogen-bond acceptors (Lipinski definition) is 14. The van der Waals surface area contributed by atoms with Gasteiger partial charge < -0.3 is 45.5 Å². The van der Waals surface area contributed by atoms with Crippen LogP contribution in [0, 0.1) is 11.3 Å². The maximum atomic E-state index is 13.3. The number of carbonyl (C=O) groups is 5. The lowest BCUT2D eigenvalue weighted by molar-refractivity contribution is -0.138. The minimum Gasteiger partial charge on any atom is -0.385 e. The second kappa shape index (κ2) is 22.0. The van der Waals surface area contributed by atoms with E-state index in [1.54, 1.807) is 12.1 Å². The number of hydrogen-bond donors (Lipinski definition) is 6. The average molecular weight is 916 g/mol. The molecule has 2 unspecified atom stereocenters. The number of anilines is 3. The van der Waals surface area contributed by atoms with E-state index in [4.69, 9.17) is 19.5 Å². The van der Waals surface area contributed by atoms with Crippen molar-refractivity contribution in [3.8, 4) is 6.07 Å². The molecule has 5 amide bonds. The van der Waals surface area contributed by atoms with Crippen LogP contribution in [0.3, 0.4) is 0 Å². The van der Waals surface area contributed by atoms with Crippen LogP contribution in [0.5, 0.6) is 0 Å². The third kappa shape index (κ3) is 13.4. The van der Waals surface area contributed by atoms with Gasteiger partial charge in [0.1, 0.15) is 6.04 Å². The predicted molar refractivity (Wildman–Crippen MR) is 223 cm³/mol. The minimum absolute atomic E-state index is 0.0940. The highest BCUT2D eigenvalue weighted by atomic mass is 32.2. The van der Waals surface area contributed by atoms with Crippen LogP contribution < -0.4 is 26.6 Å². The molecule has 3 aromatic carbocycles. The van der Waals surface area contributed by atoms with E-state index in [-0.39, 0.29) is 61.7 Å². The van der Waals surface area contributed by atoms with Crippen LogP contribution in [0.2, 0.25) is 0 Å². The number of rotatable bonds is 23. The smallest absolute Gasteiger partial charge is 0.385 e. The number of carbonyl (C=O) groups excluding carboxylic acids is 5. The molecule has 0 saturated carbocycles. The molecule has 2 atom stereocenters. The van der Waals surface area contributed by atoms with Crippen LogP contribution in [0.15, 0.2) is 65.6 Å². The molecule has 1 saturated heterocycles. The third-order valence-corrected chi connectivity index (χ3v) is 11.9. The van der Waals surface area contributed by atoms with Crippen molar-refractivity contribution in [2.24, 2.45) is 0 Å². The Balaban J connectivity index is 0.883. The van der Waals surface area contributed by atoms with Gasteiger partial charge in [0.15, 0.2) is 15.4 Å². The monoisotopic (exact) mass is 915 g/mol. The van der Waals surface area contributed by atoms with Crippen molar-refractivity contribution in [1.29, 1.82) is 5.26 Å². The summed E-state index contributed by atoms with van der Waals surface area (Å²) in [7, 11) is -4.27. The lowest BCUT2D eigenvalue weighted by Crippen LogP contribution is -2.52. The molecular weight excluding hydrogens is 868 g/mol. The van der Waals surface area contributed by atoms with E-state index in [2.05, 4.69) is 26.6 Å². The fourth-order valence-electron chi connectivity index (χ4n) is 6.74. The SMILES string of the molecule is CC(O)(CS(=O)(=O)c1ccc(NCCC(=O)NCCOCCOCCOCCNc2cccc3c2CN(C2CCC(=O)NC2=O)C3=O)cc1)C(=O)Nc1ccc(C#N)c(C(F)(F)F)c1. The first-order valence-corrected chi connectivity index (χ1v) is 21.8. The molecule has 22 heteroatoms. The van der Waals surface area contributed by atoms with Crippen LogP contribution in [-0.4, -0.2) is 125 Å². The summed E-state index contributed by atoms with van der Waals surface area (Å²) < 4.78 is 82.6. The molecule has 3 aromatic rings. The molecule has 0 bridgehead atoms. The van der Waals surface area contributed by atoms with E-state index in [0.29, 0.717) is 63.3 Å². The first kappa shape index (κ1) is 48.9. The lowest BCUT2D eigenvalue weighted by atomic mass is 10.0. The first-order valence-electron chi connectivity index (χ1n) is 20.1. The van der Waals surface area contributed by atoms with E-state index in [1.807, 2.05) is 6.07 Å². The molecule has 5 rings (SSSR count). The van der Waals surface area contributed by atoms with Crippen molar-refractivity contribution in [3.05, 3.63) is 82.9 Å². The molecule has 0 aromatic heterocycles. The normalized spacial score (nSPS) is 16.0. The van der Waals surface area contributed by atoms with Gasteiger partial charge in [-0.15, -0.1) is 0 Å². The van der Waals surface area contributed by atoms with Gasteiger partial charge in [-0.1, -0.05) is 6.07 Å². The summed E-state index contributed by atoms with van der Waals surface area (Å²) in [5, 5.41) is 33.0. The van der Waals surface area contributed by atoms with Crippen molar-refractivity contribution in [2.75, 3.05) is 81.0 Å². The highest BCUT2D eigenvalue weighted by Gasteiger charge is 2.40. The molecule has 344 valence electrons. The van der Waals surface area contributed by atoms with Crippen molar-refractivity contribution < 1.29 is 64.9 Å². The number of benzene rings is 3. The summed E-state index contributed by atoms with van der Waals surface area (Å²) in [6.07, 6.45) is -4.32. The standard InChI is InChI=1S/C42H48F3N7O11S/c1-41(58,40(57)50-29-6-5-27(24-46)33(23-29)42(43,44)45)26-64(59,60)30-9-7-28(8-10-30)47-14-13-36(53)49-16-18-62-20-22-63-21-19-61-17-15-48-34-4-2-3-31-32(34)25-52(39(31)56)35-11-12-37(54)51-38(35)55/h2-10,23,35,47-48,58H,11-22,25-26H2,1H3,(H,49,53)(H,50,57)(H,51,54,55). The molecule has 18 nitrogen and oxygen atoms in total. The minimum atomic E-state index is -4.89. The van der Waals surface area contributed by atoms with Gasteiger partial charge in [0, 0.05) is 67.2 Å². The number of amides is 5. The van der Waals surface area contributed by atoms with Crippen LogP contribution in [0.4, 0.5) is 30.2 Å². The molecule has 64 heavy (non-hydrogen) atoms. The maximum absolute atomic E-state index is 13.3. The Bertz CT molecular complexity index is 2340. The Kier molecular flexibility index (Phi) is 16.8. The Morgan fingerprint density at radius 2 is 1.56 bits per heavy atom. The van der Waals surface area contributed by atoms with Gasteiger partial charge in [-0.05, 0) is 67.9 Å². The van der Waals surface area contributed by atoms with Gasteiger partial charge in [0.2, 0.25) is 17.7 Å². The Labute approximate surface area is 366 Å². The van der Waals surface area contributed by atoms with Crippen molar-refractivity contribution in [2.45, 2.75) is 55.4 Å². The number of piperidine rings is 1. The van der Waals surface area contributed by atoms with Crippen LogP contribution >= 0.6 is 0 Å². The second-order valence-electron chi connectivity index (χ2n) is 14.9. The van der Waals surface area contributed by atoms with Gasteiger partial charge in [0.25, 0.3) is 11.8 Å². The summed E-state index contributed by atoms with van der Waals surface area (Å²) in [6.45, 7) is 4.05. The number of aliphatic hydroxyl groups is 1. The zero-order valence-electron chi connectivity index (χ0n) is 34.7. The highest BCUT2D eigenvalue weighted by Crippen LogP contribution is 2.34. The quantitative estimate of drug-likeness (QED) is 0.0591. The zero-order valence-corrected chi connectivity index (χ0v) is 35.5. The number of nitrogens with zero attached hydrogens (tertiary/aromatic N) is 2. The highest BCUT2D eigenvalue weighted by molar-refractivity contribution is 7.91. The van der Waals surface area contributed by atoms with Crippen LogP contribution in [0.25, 0.3) is 0 Å². The number of fused-ring (bicyclic) bond motifs is 1. The number of nitrogens with one attached hydrogen (secondary N) is 5. The van der Waals surface area contributed by atoms with Gasteiger partial charge in [-0.2, -0.15) is 18.4 Å². The number of alkyl halides is 3. The summed E-state index contributed by atoms with van der Waals surface area (Å²) >= 11 is 0. The van der Waals surface area contributed by atoms with E-state index in [9.17, 15) is 50.7 Å². The fourth-order valence-corrected chi connectivity index (χ4v) is 8.33. The lowest BCUT2D eigenvalue weighted by Gasteiger charge is -2.29. The maximum Gasteiger partial charge on any atom is 0.417 e. The largest absolute Gasteiger partial charge is 0.417 e. The van der Waals surface area contributed by atoms with Crippen LogP contribution in [0.1, 0.15) is 53.2 Å². The summed E-state index contributed by atoms with van der Waals surface area (Å²) in [5.41, 5.74) is -2.35. The Hall–Kier alpha value is -6.12. The summed E-state index contributed by atoms with van der Waals surface area (Å²) in [5.74, 6) is -3.66. The molecule has 6 N–H and O–H groups in total.